The van der Waals surface area contributed by atoms with Crippen molar-refractivity contribution in [1.82, 2.24) is 5.32 Å². The number of amides is 2. The number of nitrogens with one attached hydrogen (secondary N) is 2. The van der Waals surface area contributed by atoms with E-state index in [4.69, 9.17) is 10.00 Å². The van der Waals surface area contributed by atoms with Crippen LogP contribution in [0.2, 0.25) is 0 Å². The first-order valence-electron chi connectivity index (χ1n) is 7.36. The number of nitriles is 1. The summed E-state index contributed by atoms with van der Waals surface area (Å²) in [6.07, 6.45) is 0. The summed E-state index contributed by atoms with van der Waals surface area (Å²) in [6.45, 7) is 3.64. The first kappa shape index (κ1) is 17.3. The lowest BCUT2D eigenvalue weighted by atomic mass is 9.94. The molecule has 0 bridgehead atoms. The van der Waals surface area contributed by atoms with Crippen molar-refractivity contribution < 1.29 is 13.9 Å². The molecule has 0 aliphatic heterocycles. The third kappa shape index (κ3) is 4.71. The molecule has 0 aromatic heterocycles. The van der Waals surface area contributed by atoms with E-state index in [1.165, 1.54) is 12.1 Å². The molecule has 2 rings (SSSR count). The van der Waals surface area contributed by atoms with Crippen LogP contribution in [0.15, 0.2) is 48.5 Å². The van der Waals surface area contributed by atoms with Crippen LogP contribution in [-0.2, 0) is 5.54 Å². The van der Waals surface area contributed by atoms with Gasteiger partial charge in [0.1, 0.15) is 17.6 Å². The van der Waals surface area contributed by atoms with Crippen molar-refractivity contribution in [3.05, 3.63) is 59.9 Å². The first-order chi connectivity index (χ1) is 11.4. The average molecular weight is 327 g/mol. The van der Waals surface area contributed by atoms with Crippen molar-refractivity contribution in [3.8, 4) is 11.8 Å². The monoisotopic (exact) mass is 327 g/mol. The Labute approximate surface area is 140 Å². The molecule has 2 N–H and O–H groups in total. The maximum atomic E-state index is 13.0. The molecule has 6 heteroatoms. The highest BCUT2D eigenvalue weighted by molar-refractivity contribution is 5.89. The lowest BCUT2D eigenvalue weighted by Gasteiger charge is -2.27. The first-order valence-corrected chi connectivity index (χ1v) is 7.36. The number of carbonyl (C=O) groups excluding carboxylic acids is 1. The summed E-state index contributed by atoms with van der Waals surface area (Å²) in [5.74, 6) is 0.229. The van der Waals surface area contributed by atoms with E-state index in [-0.39, 0.29) is 18.5 Å². The molecule has 0 heterocycles. The number of benzene rings is 2. The molecule has 0 radical (unpaired) electrons. The van der Waals surface area contributed by atoms with Gasteiger partial charge in [-0.1, -0.05) is 12.1 Å². The van der Waals surface area contributed by atoms with Crippen LogP contribution in [0.3, 0.4) is 0 Å². The second-order valence-corrected chi connectivity index (χ2v) is 5.68. The van der Waals surface area contributed by atoms with Crippen molar-refractivity contribution in [3.63, 3.8) is 0 Å². The lowest BCUT2D eigenvalue weighted by Crippen LogP contribution is -2.43. The Morgan fingerprint density at radius 2 is 1.79 bits per heavy atom. The molecule has 2 aromatic rings. The van der Waals surface area contributed by atoms with Gasteiger partial charge >= 0.3 is 6.03 Å². The maximum absolute atomic E-state index is 13.0. The van der Waals surface area contributed by atoms with E-state index in [9.17, 15) is 9.18 Å². The van der Waals surface area contributed by atoms with Crippen LogP contribution >= 0.6 is 0 Å². The van der Waals surface area contributed by atoms with E-state index in [1.54, 1.807) is 36.4 Å². The summed E-state index contributed by atoms with van der Waals surface area (Å²) in [5.41, 5.74) is 0.721. The van der Waals surface area contributed by atoms with Gasteiger partial charge in [0, 0.05) is 5.69 Å². The van der Waals surface area contributed by atoms with Gasteiger partial charge in [0.25, 0.3) is 0 Å². The number of nitrogens with zero attached hydrogens (tertiary/aromatic N) is 1. The minimum atomic E-state index is -0.659. The van der Waals surface area contributed by atoms with Crippen LogP contribution in [0.25, 0.3) is 0 Å². The highest BCUT2D eigenvalue weighted by atomic mass is 19.1. The number of carbonyl (C=O) groups is 1. The third-order valence-electron chi connectivity index (χ3n) is 3.41. The quantitative estimate of drug-likeness (QED) is 0.877. The molecular weight excluding hydrogens is 309 g/mol. The highest BCUT2D eigenvalue weighted by Crippen LogP contribution is 2.21. The molecule has 2 aromatic carbocycles. The minimum absolute atomic E-state index is 0.0287. The number of hydrogen-bond acceptors (Lipinski definition) is 3. The Morgan fingerprint density at radius 3 is 2.38 bits per heavy atom. The normalized spacial score (nSPS) is 10.6. The Morgan fingerprint density at radius 1 is 1.17 bits per heavy atom. The van der Waals surface area contributed by atoms with Crippen molar-refractivity contribution >= 4 is 11.7 Å². The van der Waals surface area contributed by atoms with E-state index in [0.29, 0.717) is 11.4 Å². The molecule has 0 spiro atoms. The third-order valence-corrected chi connectivity index (χ3v) is 3.41. The van der Waals surface area contributed by atoms with Gasteiger partial charge in [-0.25, -0.2) is 9.18 Å². The molecule has 24 heavy (non-hydrogen) atoms. The number of urea groups is 1. The second kappa shape index (κ2) is 7.47. The Kier molecular flexibility index (Phi) is 5.38. The van der Waals surface area contributed by atoms with Crippen molar-refractivity contribution in [1.29, 1.82) is 5.26 Å². The van der Waals surface area contributed by atoms with Gasteiger partial charge in [-0.2, -0.15) is 5.26 Å². The molecular formula is C18H18FN3O2. The van der Waals surface area contributed by atoms with Gasteiger partial charge in [-0.05, 0) is 55.8 Å². The van der Waals surface area contributed by atoms with E-state index in [0.717, 1.165) is 5.56 Å². The molecule has 0 saturated carbocycles. The van der Waals surface area contributed by atoms with Gasteiger partial charge in [0.15, 0.2) is 6.61 Å². The second-order valence-electron chi connectivity index (χ2n) is 5.68. The highest BCUT2D eigenvalue weighted by Gasteiger charge is 2.22. The van der Waals surface area contributed by atoms with Gasteiger partial charge in [-0.3, -0.25) is 0 Å². The molecule has 0 aliphatic carbocycles. The molecule has 0 saturated heterocycles. The fourth-order valence-corrected chi connectivity index (χ4v) is 2.13. The lowest BCUT2D eigenvalue weighted by molar-refractivity contribution is 0.242. The number of anilines is 1. The molecule has 0 aliphatic rings. The fourth-order valence-electron chi connectivity index (χ4n) is 2.13. The zero-order valence-electron chi connectivity index (χ0n) is 13.5. The number of hydrogen-bond donors (Lipinski definition) is 2. The Balaban J connectivity index is 1.97. The van der Waals surface area contributed by atoms with E-state index in [1.807, 2.05) is 19.9 Å². The van der Waals surface area contributed by atoms with Crippen LogP contribution < -0.4 is 15.4 Å². The largest absolute Gasteiger partial charge is 0.479 e. The fraction of sp³-hybridized carbons (Fsp3) is 0.222. The Bertz CT molecular complexity index is 734. The van der Waals surface area contributed by atoms with Gasteiger partial charge in [0.2, 0.25) is 0 Å². The molecule has 0 fully saturated rings. The molecule has 0 atom stereocenters. The summed E-state index contributed by atoms with van der Waals surface area (Å²) < 4.78 is 18.2. The maximum Gasteiger partial charge on any atom is 0.319 e. The summed E-state index contributed by atoms with van der Waals surface area (Å²) in [7, 11) is 0. The molecule has 2 amide bonds. The van der Waals surface area contributed by atoms with E-state index >= 15 is 0 Å². The van der Waals surface area contributed by atoms with Gasteiger partial charge in [0.05, 0.1) is 5.54 Å². The minimum Gasteiger partial charge on any atom is -0.479 e. The standard InChI is InChI=1S/C18H18FN3O2/c1-18(2,13-3-5-14(19)6-4-13)22-17(23)21-15-7-9-16(10-8-15)24-12-11-20/h3-10H,12H2,1-2H3,(H2,21,22,23). The van der Waals surface area contributed by atoms with Crippen molar-refractivity contribution in [2.75, 3.05) is 11.9 Å². The predicted octanol–water partition coefficient (Wildman–Crippen LogP) is 3.78. The summed E-state index contributed by atoms with van der Waals surface area (Å²) in [5, 5.41) is 14.0. The molecule has 0 unspecified atom stereocenters. The smallest absolute Gasteiger partial charge is 0.319 e. The SMILES string of the molecule is CC(C)(NC(=O)Nc1ccc(OCC#N)cc1)c1ccc(F)cc1. The van der Waals surface area contributed by atoms with Gasteiger partial charge < -0.3 is 15.4 Å². The summed E-state index contributed by atoms with van der Waals surface area (Å²) in [4.78, 5) is 12.2. The predicted molar refractivity (Wildman–Crippen MR) is 89.1 cm³/mol. The molecule has 5 nitrogen and oxygen atoms in total. The summed E-state index contributed by atoms with van der Waals surface area (Å²) >= 11 is 0. The summed E-state index contributed by atoms with van der Waals surface area (Å²) in [6, 6.07) is 14.2. The van der Waals surface area contributed by atoms with Crippen molar-refractivity contribution in [2.45, 2.75) is 19.4 Å². The molecule has 124 valence electrons. The van der Waals surface area contributed by atoms with Crippen molar-refractivity contribution in [2.24, 2.45) is 0 Å². The number of halogens is 1. The van der Waals surface area contributed by atoms with E-state index in [2.05, 4.69) is 10.6 Å². The Hall–Kier alpha value is -3.07. The van der Waals surface area contributed by atoms with Crippen LogP contribution in [0.5, 0.6) is 5.75 Å². The van der Waals surface area contributed by atoms with Crippen LogP contribution in [0.4, 0.5) is 14.9 Å². The number of rotatable bonds is 5. The van der Waals surface area contributed by atoms with E-state index < -0.39 is 5.54 Å². The van der Waals surface area contributed by atoms with Crippen LogP contribution in [-0.4, -0.2) is 12.6 Å². The van der Waals surface area contributed by atoms with Crippen LogP contribution in [0.1, 0.15) is 19.4 Å². The zero-order valence-corrected chi connectivity index (χ0v) is 13.5. The van der Waals surface area contributed by atoms with Gasteiger partial charge in [-0.15, -0.1) is 0 Å². The average Bonchev–Trinajstić information content (AvgIpc) is 2.54. The topological polar surface area (TPSA) is 74.2 Å². The number of ether oxygens (including phenoxy) is 1. The van der Waals surface area contributed by atoms with Crippen LogP contribution in [0, 0.1) is 17.1 Å². The zero-order chi connectivity index (χ0) is 17.6.